The predicted octanol–water partition coefficient (Wildman–Crippen LogP) is 2.09. The van der Waals surface area contributed by atoms with Gasteiger partial charge in [0.2, 0.25) is 17.7 Å². The predicted molar refractivity (Wildman–Crippen MR) is 116 cm³/mol. The third-order valence-electron chi connectivity index (χ3n) is 6.76. The molecular formula is C24H23N3O5. The van der Waals surface area contributed by atoms with E-state index in [0.29, 0.717) is 16.9 Å². The van der Waals surface area contributed by atoms with E-state index >= 15 is 0 Å². The van der Waals surface area contributed by atoms with Crippen molar-refractivity contribution in [3.8, 4) is 0 Å². The van der Waals surface area contributed by atoms with E-state index in [4.69, 9.17) is 0 Å². The molecule has 3 amide bonds. The fourth-order valence-electron chi connectivity index (χ4n) is 5.62. The second-order valence-corrected chi connectivity index (χ2v) is 8.85. The first-order valence-electron chi connectivity index (χ1n) is 10.6. The van der Waals surface area contributed by atoms with Gasteiger partial charge in [0.1, 0.15) is 5.54 Å². The summed E-state index contributed by atoms with van der Waals surface area (Å²) in [4.78, 5) is 53.2. The van der Waals surface area contributed by atoms with Gasteiger partial charge in [0, 0.05) is 23.7 Å². The van der Waals surface area contributed by atoms with Gasteiger partial charge in [-0.3, -0.25) is 24.5 Å². The molecule has 3 aliphatic rings. The Kier molecular flexibility index (Phi) is 4.46. The Hall–Kier alpha value is -3.52. The summed E-state index contributed by atoms with van der Waals surface area (Å²) in [6, 6.07) is 12.0. The van der Waals surface area contributed by atoms with Crippen LogP contribution in [0, 0.1) is 25.7 Å². The Bertz CT molecular complexity index is 1170. The number of carbonyl (C=O) groups is 4. The van der Waals surface area contributed by atoms with Crippen LogP contribution >= 0.6 is 0 Å². The molecule has 0 aliphatic carbocycles. The van der Waals surface area contributed by atoms with E-state index in [1.54, 1.807) is 36.4 Å². The number of carboxylic acid groups (broad SMARTS) is 1. The van der Waals surface area contributed by atoms with Crippen LogP contribution in [0.4, 0.5) is 11.4 Å². The number of para-hydroxylation sites is 1. The molecule has 3 aliphatic heterocycles. The average molecular weight is 433 g/mol. The number of aryl methyl sites for hydroxylation is 2. The lowest BCUT2D eigenvalue weighted by Crippen LogP contribution is -2.53. The molecule has 3 heterocycles. The quantitative estimate of drug-likeness (QED) is 0.636. The molecule has 4 atom stereocenters. The van der Waals surface area contributed by atoms with Gasteiger partial charge in [0.15, 0.2) is 0 Å². The van der Waals surface area contributed by atoms with Crippen LogP contribution in [0.3, 0.4) is 0 Å². The van der Waals surface area contributed by atoms with E-state index in [0.717, 1.165) is 11.1 Å². The zero-order chi connectivity index (χ0) is 22.8. The minimum atomic E-state index is -1.41. The number of benzene rings is 2. The number of nitrogens with zero attached hydrogens (tertiary/aromatic N) is 1. The number of amides is 3. The van der Waals surface area contributed by atoms with Gasteiger partial charge in [0.25, 0.3) is 0 Å². The molecule has 2 saturated heterocycles. The van der Waals surface area contributed by atoms with Gasteiger partial charge in [-0.1, -0.05) is 24.3 Å². The number of hydrogen-bond donors (Lipinski definition) is 3. The Morgan fingerprint density at radius 2 is 1.75 bits per heavy atom. The van der Waals surface area contributed by atoms with Crippen LogP contribution in [0.1, 0.15) is 29.5 Å². The molecule has 1 spiro atoms. The van der Waals surface area contributed by atoms with Crippen molar-refractivity contribution in [2.45, 2.75) is 38.3 Å². The Morgan fingerprint density at radius 3 is 2.44 bits per heavy atom. The van der Waals surface area contributed by atoms with Gasteiger partial charge in [-0.2, -0.15) is 0 Å². The molecule has 8 heteroatoms. The molecule has 0 radical (unpaired) electrons. The molecule has 5 rings (SSSR count). The van der Waals surface area contributed by atoms with Crippen LogP contribution in [-0.2, 0) is 24.7 Å². The summed E-state index contributed by atoms with van der Waals surface area (Å²) in [5, 5.41) is 15.3. The molecular weight excluding hydrogens is 410 g/mol. The maximum absolute atomic E-state index is 13.8. The minimum absolute atomic E-state index is 0.132. The summed E-state index contributed by atoms with van der Waals surface area (Å²) in [7, 11) is 0. The van der Waals surface area contributed by atoms with E-state index in [-0.39, 0.29) is 12.8 Å². The Morgan fingerprint density at radius 1 is 1.06 bits per heavy atom. The van der Waals surface area contributed by atoms with Gasteiger partial charge < -0.3 is 10.4 Å². The van der Waals surface area contributed by atoms with Crippen molar-refractivity contribution < 1.29 is 24.3 Å². The molecule has 3 N–H and O–H groups in total. The fraction of sp³-hybridized carbons (Fsp3) is 0.333. The van der Waals surface area contributed by atoms with Crippen LogP contribution in [0.15, 0.2) is 42.5 Å². The summed E-state index contributed by atoms with van der Waals surface area (Å²) in [6.45, 7) is 3.78. The molecule has 0 aromatic heterocycles. The van der Waals surface area contributed by atoms with Crippen molar-refractivity contribution in [3.05, 3.63) is 59.2 Å². The van der Waals surface area contributed by atoms with Gasteiger partial charge in [-0.25, -0.2) is 4.90 Å². The summed E-state index contributed by atoms with van der Waals surface area (Å²) in [6.07, 6.45) is -0.0430. The third kappa shape index (κ3) is 2.72. The number of fused-ring (bicyclic) bond motifs is 4. The Balaban J connectivity index is 1.65. The number of anilines is 2. The number of nitrogens with one attached hydrogen (secondary N) is 2. The number of rotatable bonds is 4. The molecule has 0 saturated carbocycles. The Labute approximate surface area is 184 Å². The van der Waals surface area contributed by atoms with Crippen LogP contribution < -0.4 is 15.5 Å². The van der Waals surface area contributed by atoms with Crippen LogP contribution in [0.5, 0.6) is 0 Å². The van der Waals surface area contributed by atoms with Crippen molar-refractivity contribution in [1.82, 2.24) is 5.32 Å². The summed E-state index contributed by atoms with van der Waals surface area (Å²) >= 11 is 0. The van der Waals surface area contributed by atoms with E-state index in [2.05, 4.69) is 10.6 Å². The first-order chi connectivity index (χ1) is 15.2. The van der Waals surface area contributed by atoms with Crippen LogP contribution in [0.25, 0.3) is 0 Å². The number of aliphatic carboxylic acids is 1. The van der Waals surface area contributed by atoms with E-state index in [1.165, 1.54) is 4.90 Å². The van der Waals surface area contributed by atoms with Crippen LogP contribution in [-0.4, -0.2) is 34.8 Å². The lowest BCUT2D eigenvalue weighted by atomic mass is 9.76. The molecule has 164 valence electrons. The first-order valence-corrected chi connectivity index (χ1v) is 10.6. The van der Waals surface area contributed by atoms with Gasteiger partial charge >= 0.3 is 5.97 Å². The van der Waals surface area contributed by atoms with Gasteiger partial charge in [-0.15, -0.1) is 0 Å². The molecule has 8 nitrogen and oxygen atoms in total. The molecule has 32 heavy (non-hydrogen) atoms. The zero-order valence-corrected chi connectivity index (χ0v) is 17.7. The number of imide groups is 1. The highest BCUT2D eigenvalue weighted by atomic mass is 16.4. The number of carbonyl (C=O) groups excluding carboxylic acids is 3. The van der Waals surface area contributed by atoms with Crippen molar-refractivity contribution in [2.75, 3.05) is 10.2 Å². The maximum Gasteiger partial charge on any atom is 0.303 e. The summed E-state index contributed by atoms with van der Waals surface area (Å²) < 4.78 is 0. The lowest BCUT2D eigenvalue weighted by Gasteiger charge is -2.29. The highest BCUT2D eigenvalue weighted by Gasteiger charge is 2.70. The normalized spacial score (nSPS) is 28.2. The van der Waals surface area contributed by atoms with Crippen molar-refractivity contribution in [3.63, 3.8) is 0 Å². The van der Waals surface area contributed by atoms with E-state index in [1.807, 2.05) is 19.9 Å². The molecule has 2 aromatic carbocycles. The maximum atomic E-state index is 13.8. The van der Waals surface area contributed by atoms with Gasteiger partial charge in [0.05, 0.1) is 17.5 Å². The van der Waals surface area contributed by atoms with Crippen LogP contribution in [0.2, 0.25) is 0 Å². The average Bonchev–Trinajstić information content (AvgIpc) is 3.30. The standard InChI is InChI=1S/C24H23N3O5/c1-12-9-13(2)11-14(10-12)27-21(30)19-17(7-8-18(28)29)26-24(20(19)22(27)31)15-5-3-4-6-16(15)25-23(24)32/h3-6,9-11,17,19-20,26H,7-8H2,1-2H3,(H,25,32)(H,28,29)/t17-,19+,20-,24-/m0/s1. The molecule has 0 bridgehead atoms. The highest BCUT2D eigenvalue weighted by Crippen LogP contribution is 2.54. The van der Waals surface area contributed by atoms with Crippen molar-refractivity contribution in [1.29, 1.82) is 0 Å². The lowest BCUT2D eigenvalue weighted by molar-refractivity contribution is -0.137. The molecule has 2 aromatic rings. The van der Waals surface area contributed by atoms with Crippen molar-refractivity contribution >= 4 is 35.1 Å². The van der Waals surface area contributed by atoms with Gasteiger partial charge in [-0.05, 0) is 49.6 Å². The second-order valence-electron chi connectivity index (χ2n) is 8.85. The largest absolute Gasteiger partial charge is 0.481 e. The highest BCUT2D eigenvalue weighted by molar-refractivity contribution is 6.25. The molecule has 2 fully saturated rings. The smallest absolute Gasteiger partial charge is 0.303 e. The second kappa shape index (κ2) is 7.00. The fourth-order valence-corrected chi connectivity index (χ4v) is 5.62. The number of carboxylic acids is 1. The first kappa shape index (κ1) is 20.4. The topological polar surface area (TPSA) is 116 Å². The van der Waals surface area contributed by atoms with E-state index in [9.17, 15) is 24.3 Å². The monoisotopic (exact) mass is 433 g/mol. The van der Waals surface area contributed by atoms with Crippen molar-refractivity contribution in [2.24, 2.45) is 11.8 Å². The molecule has 0 unspecified atom stereocenters. The number of hydrogen-bond acceptors (Lipinski definition) is 5. The summed E-state index contributed by atoms with van der Waals surface area (Å²) in [5.41, 5.74) is 2.10. The zero-order valence-electron chi connectivity index (χ0n) is 17.7. The third-order valence-corrected chi connectivity index (χ3v) is 6.76. The minimum Gasteiger partial charge on any atom is -0.481 e. The SMILES string of the molecule is Cc1cc(C)cc(N2C(=O)[C@@H]3[C@H](CCC(=O)O)N[C@]4(C(=O)Nc5ccccc54)[C@@H]3C2=O)c1. The van der Waals surface area contributed by atoms with E-state index < -0.39 is 47.1 Å². The summed E-state index contributed by atoms with van der Waals surface area (Å²) in [5.74, 6) is -4.03.